The van der Waals surface area contributed by atoms with E-state index < -0.39 is 0 Å². The lowest BCUT2D eigenvalue weighted by Gasteiger charge is -1.89. The van der Waals surface area contributed by atoms with Crippen LogP contribution in [0, 0.1) is 0 Å². The highest BCUT2D eigenvalue weighted by Gasteiger charge is 1.80. The molecular formula is C13H16. The Morgan fingerprint density at radius 3 is 2.46 bits per heavy atom. The molecule has 0 heterocycles. The van der Waals surface area contributed by atoms with Crippen LogP contribution in [0.1, 0.15) is 25.3 Å². The van der Waals surface area contributed by atoms with Gasteiger partial charge in [0.15, 0.2) is 0 Å². The lowest BCUT2D eigenvalue weighted by molar-refractivity contribution is 1.20. The fraction of sp³-hybridized carbons (Fsp3) is 0.231. The van der Waals surface area contributed by atoms with Gasteiger partial charge in [-0.25, -0.2) is 0 Å². The van der Waals surface area contributed by atoms with Crippen LogP contribution in [0.3, 0.4) is 0 Å². The van der Waals surface area contributed by atoms with E-state index in [4.69, 9.17) is 0 Å². The zero-order valence-corrected chi connectivity index (χ0v) is 8.11. The number of hydrogen-bond donors (Lipinski definition) is 0. The lowest BCUT2D eigenvalue weighted by Crippen LogP contribution is -1.67. The van der Waals surface area contributed by atoms with Gasteiger partial charge >= 0.3 is 0 Å². The van der Waals surface area contributed by atoms with E-state index >= 15 is 0 Å². The molecule has 0 aliphatic carbocycles. The standard InChI is InChI=1S/C13H16/c1-2-3-4-5-7-10-13-11-8-6-9-12-13/h3-4,6-12H,2,5H2,1H3/b4-3+,10-7+. The second-order valence-corrected chi connectivity index (χ2v) is 2.93. The molecule has 0 saturated heterocycles. The lowest BCUT2D eigenvalue weighted by atomic mass is 10.2. The minimum Gasteiger partial charge on any atom is -0.0885 e. The summed E-state index contributed by atoms with van der Waals surface area (Å²) in [6.45, 7) is 2.15. The summed E-state index contributed by atoms with van der Waals surface area (Å²) < 4.78 is 0. The summed E-state index contributed by atoms with van der Waals surface area (Å²) in [5, 5.41) is 0. The van der Waals surface area contributed by atoms with Crippen molar-refractivity contribution in [2.24, 2.45) is 0 Å². The molecule has 0 fully saturated rings. The van der Waals surface area contributed by atoms with Crippen LogP contribution in [-0.4, -0.2) is 0 Å². The summed E-state index contributed by atoms with van der Waals surface area (Å²) in [6.07, 6.45) is 10.9. The highest BCUT2D eigenvalue weighted by Crippen LogP contribution is 2.01. The van der Waals surface area contributed by atoms with Gasteiger partial charge in [-0.05, 0) is 18.4 Å². The maximum Gasteiger partial charge on any atom is -0.0166 e. The van der Waals surface area contributed by atoms with Gasteiger partial charge in [0.05, 0.1) is 0 Å². The van der Waals surface area contributed by atoms with E-state index in [1.54, 1.807) is 0 Å². The quantitative estimate of drug-likeness (QED) is 0.601. The van der Waals surface area contributed by atoms with E-state index in [1.165, 1.54) is 5.56 Å². The first-order chi connectivity index (χ1) is 6.43. The molecule has 0 radical (unpaired) electrons. The van der Waals surface area contributed by atoms with Crippen molar-refractivity contribution >= 4 is 6.08 Å². The Morgan fingerprint density at radius 2 is 1.77 bits per heavy atom. The first-order valence-corrected chi connectivity index (χ1v) is 4.80. The predicted octanol–water partition coefficient (Wildman–Crippen LogP) is 4.06. The van der Waals surface area contributed by atoms with Crippen molar-refractivity contribution in [2.75, 3.05) is 0 Å². The van der Waals surface area contributed by atoms with E-state index in [9.17, 15) is 0 Å². The van der Waals surface area contributed by atoms with Gasteiger partial charge in [-0.3, -0.25) is 0 Å². The number of hydrogen-bond acceptors (Lipinski definition) is 0. The zero-order chi connectivity index (χ0) is 9.36. The SMILES string of the molecule is CC/C=C/C/C=C/c1ccccc1. The summed E-state index contributed by atoms with van der Waals surface area (Å²) in [6, 6.07) is 10.4. The molecule has 0 aliphatic heterocycles. The molecule has 0 amide bonds. The first kappa shape index (κ1) is 9.79. The normalized spacial score (nSPS) is 11.5. The smallest absolute Gasteiger partial charge is 0.0166 e. The molecular weight excluding hydrogens is 156 g/mol. The van der Waals surface area contributed by atoms with E-state index in [-0.39, 0.29) is 0 Å². The average Bonchev–Trinajstić information content (AvgIpc) is 2.19. The Kier molecular flexibility index (Phi) is 4.70. The van der Waals surface area contributed by atoms with Gasteiger partial charge in [-0.1, -0.05) is 61.6 Å². The van der Waals surface area contributed by atoms with E-state index in [0.29, 0.717) is 0 Å². The van der Waals surface area contributed by atoms with Crippen molar-refractivity contribution in [3.63, 3.8) is 0 Å². The minimum absolute atomic E-state index is 1.03. The molecule has 1 aromatic rings. The van der Waals surface area contributed by atoms with Crippen LogP contribution in [0.2, 0.25) is 0 Å². The average molecular weight is 172 g/mol. The Balaban J connectivity index is 2.37. The Morgan fingerprint density at radius 1 is 1.00 bits per heavy atom. The van der Waals surface area contributed by atoms with Crippen LogP contribution in [0.5, 0.6) is 0 Å². The predicted molar refractivity (Wildman–Crippen MR) is 59.5 cm³/mol. The molecule has 1 aromatic carbocycles. The fourth-order valence-corrected chi connectivity index (χ4v) is 1.11. The van der Waals surface area contributed by atoms with Crippen molar-refractivity contribution in [1.29, 1.82) is 0 Å². The molecule has 0 atom stereocenters. The van der Waals surface area contributed by atoms with Gasteiger partial charge in [0.1, 0.15) is 0 Å². The molecule has 13 heavy (non-hydrogen) atoms. The number of rotatable bonds is 4. The van der Waals surface area contributed by atoms with Gasteiger partial charge in [-0.15, -0.1) is 0 Å². The van der Waals surface area contributed by atoms with Crippen LogP contribution in [0.15, 0.2) is 48.6 Å². The summed E-state index contributed by atoms with van der Waals surface area (Å²) in [5.74, 6) is 0. The second kappa shape index (κ2) is 6.24. The maximum absolute atomic E-state index is 2.19. The fourth-order valence-electron chi connectivity index (χ4n) is 1.11. The summed E-state index contributed by atoms with van der Waals surface area (Å²) >= 11 is 0. The Bertz CT molecular complexity index is 267. The van der Waals surface area contributed by atoms with E-state index in [2.05, 4.69) is 55.5 Å². The monoisotopic (exact) mass is 172 g/mol. The van der Waals surface area contributed by atoms with Crippen LogP contribution >= 0.6 is 0 Å². The van der Waals surface area contributed by atoms with Crippen molar-refractivity contribution in [3.05, 3.63) is 54.1 Å². The van der Waals surface area contributed by atoms with Crippen LogP contribution < -0.4 is 0 Å². The molecule has 0 N–H and O–H groups in total. The van der Waals surface area contributed by atoms with Crippen molar-refractivity contribution in [1.82, 2.24) is 0 Å². The van der Waals surface area contributed by atoms with Crippen LogP contribution in [0.25, 0.3) is 6.08 Å². The molecule has 0 spiro atoms. The van der Waals surface area contributed by atoms with Crippen molar-refractivity contribution < 1.29 is 0 Å². The van der Waals surface area contributed by atoms with Gasteiger partial charge < -0.3 is 0 Å². The van der Waals surface area contributed by atoms with Crippen LogP contribution in [0.4, 0.5) is 0 Å². The third kappa shape index (κ3) is 4.32. The Labute approximate surface area is 80.6 Å². The summed E-state index contributed by atoms with van der Waals surface area (Å²) in [4.78, 5) is 0. The molecule has 1 rings (SSSR count). The highest BCUT2D eigenvalue weighted by molar-refractivity contribution is 5.48. The highest BCUT2D eigenvalue weighted by atomic mass is 13.9. The molecule has 0 bridgehead atoms. The first-order valence-electron chi connectivity index (χ1n) is 4.80. The minimum atomic E-state index is 1.03. The van der Waals surface area contributed by atoms with Gasteiger partial charge in [-0.2, -0.15) is 0 Å². The van der Waals surface area contributed by atoms with Crippen molar-refractivity contribution in [3.8, 4) is 0 Å². The van der Waals surface area contributed by atoms with Gasteiger partial charge in [0.2, 0.25) is 0 Å². The molecule has 0 unspecified atom stereocenters. The summed E-state index contributed by atoms with van der Waals surface area (Å²) in [5.41, 5.74) is 1.27. The zero-order valence-electron chi connectivity index (χ0n) is 8.11. The number of benzene rings is 1. The molecule has 68 valence electrons. The third-order valence-electron chi connectivity index (χ3n) is 1.78. The van der Waals surface area contributed by atoms with Gasteiger partial charge in [0.25, 0.3) is 0 Å². The van der Waals surface area contributed by atoms with Gasteiger partial charge in [0, 0.05) is 0 Å². The van der Waals surface area contributed by atoms with E-state index in [0.717, 1.165) is 12.8 Å². The molecule has 0 saturated carbocycles. The number of allylic oxidation sites excluding steroid dienone is 3. The molecule has 0 nitrogen and oxygen atoms in total. The molecule has 0 aliphatic rings. The molecule has 0 heteroatoms. The largest absolute Gasteiger partial charge is 0.0885 e. The molecule has 0 aromatic heterocycles. The van der Waals surface area contributed by atoms with E-state index in [1.807, 2.05) is 6.07 Å². The topological polar surface area (TPSA) is 0 Å². The van der Waals surface area contributed by atoms with Crippen LogP contribution in [-0.2, 0) is 0 Å². The second-order valence-electron chi connectivity index (χ2n) is 2.93. The maximum atomic E-state index is 2.19. The Hall–Kier alpha value is -1.30. The van der Waals surface area contributed by atoms with Crippen molar-refractivity contribution in [2.45, 2.75) is 19.8 Å². The summed E-state index contributed by atoms with van der Waals surface area (Å²) in [7, 11) is 0. The third-order valence-corrected chi connectivity index (χ3v) is 1.78.